The van der Waals surface area contributed by atoms with Crippen molar-refractivity contribution in [3.63, 3.8) is 0 Å². The van der Waals surface area contributed by atoms with Gasteiger partial charge < -0.3 is 9.73 Å². The third-order valence-electron chi connectivity index (χ3n) is 3.20. The van der Waals surface area contributed by atoms with Gasteiger partial charge >= 0.3 is 0 Å². The van der Waals surface area contributed by atoms with Crippen LogP contribution in [0.1, 0.15) is 5.56 Å². The van der Waals surface area contributed by atoms with Crippen LogP contribution < -0.4 is 10.6 Å². The molecule has 2 heterocycles. The number of rotatable bonds is 3. The number of oxazole rings is 1. The molecule has 7 heteroatoms. The molecule has 1 aromatic heterocycles. The van der Waals surface area contributed by atoms with Crippen LogP contribution in [0.3, 0.4) is 0 Å². The fourth-order valence-electron chi connectivity index (χ4n) is 2.08. The molecule has 0 aliphatic carbocycles. The smallest absolute Gasteiger partial charge is 0.242 e. The molecule has 1 aromatic carbocycles. The fraction of sp³-hybridized carbons (Fsp3) is 0.286. The lowest BCUT2D eigenvalue weighted by Gasteiger charge is -2.12. The molecule has 21 heavy (non-hydrogen) atoms. The number of nitrogens with zero attached hydrogens (tertiary/aromatic N) is 1. The van der Waals surface area contributed by atoms with E-state index in [1.807, 2.05) is 25.1 Å². The number of aromatic nitrogens is 1. The summed E-state index contributed by atoms with van der Waals surface area (Å²) in [5.74, 6) is 2.20. The van der Waals surface area contributed by atoms with Crippen LogP contribution in [0.2, 0.25) is 0 Å². The van der Waals surface area contributed by atoms with Crippen LogP contribution >= 0.6 is 24.2 Å². The number of thioether (sulfide) groups is 1. The molecule has 5 nitrogen and oxygen atoms in total. The molecule has 0 saturated carbocycles. The average Bonchev–Trinajstić information content (AvgIpc) is 3.14. The van der Waals surface area contributed by atoms with E-state index < -0.39 is 0 Å². The number of amides is 1. The molecular weight excluding hydrogens is 310 g/mol. The normalized spacial score (nSPS) is 17.3. The van der Waals surface area contributed by atoms with E-state index in [4.69, 9.17) is 4.42 Å². The van der Waals surface area contributed by atoms with Gasteiger partial charge in [0.05, 0.1) is 12.2 Å². The van der Waals surface area contributed by atoms with Crippen LogP contribution in [0.5, 0.6) is 0 Å². The van der Waals surface area contributed by atoms with Gasteiger partial charge in [-0.15, -0.1) is 24.2 Å². The molecule has 1 aliphatic heterocycles. The SMILES string of the molecule is Cc1ccc(NC(=O)C2CSCN2)cc1-c1ncco1.Cl. The Balaban J connectivity index is 0.00000161. The highest BCUT2D eigenvalue weighted by atomic mass is 35.5. The summed E-state index contributed by atoms with van der Waals surface area (Å²) in [6, 6.07) is 5.61. The number of halogens is 1. The van der Waals surface area contributed by atoms with E-state index in [-0.39, 0.29) is 24.4 Å². The molecule has 1 aliphatic rings. The van der Waals surface area contributed by atoms with Crippen LogP contribution in [-0.2, 0) is 4.79 Å². The van der Waals surface area contributed by atoms with Crippen molar-refractivity contribution >= 4 is 35.8 Å². The largest absolute Gasteiger partial charge is 0.445 e. The number of nitrogens with one attached hydrogen (secondary N) is 2. The van der Waals surface area contributed by atoms with E-state index in [1.165, 1.54) is 0 Å². The van der Waals surface area contributed by atoms with Crippen LogP contribution in [-0.4, -0.2) is 28.6 Å². The number of hydrogen-bond acceptors (Lipinski definition) is 5. The molecular formula is C14H16ClN3O2S. The highest BCUT2D eigenvalue weighted by Gasteiger charge is 2.22. The first-order valence-corrected chi connectivity index (χ1v) is 7.52. The van der Waals surface area contributed by atoms with Crippen LogP contribution in [0.4, 0.5) is 5.69 Å². The Morgan fingerprint density at radius 1 is 1.52 bits per heavy atom. The third kappa shape index (κ3) is 3.58. The van der Waals surface area contributed by atoms with E-state index in [0.29, 0.717) is 5.89 Å². The van der Waals surface area contributed by atoms with Crippen molar-refractivity contribution in [1.82, 2.24) is 10.3 Å². The van der Waals surface area contributed by atoms with Gasteiger partial charge in [0.25, 0.3) is 0 Å². The maximum atomic E-state index is 12.1. The number of benzene rings is 1. The lowest BCUT2D eigenvalue weighted by atomic mass is 10.1. The van der Waals surface area contributed by atoms with Crippen molar-refractivity contribution in [2.75, 3.05) is 16.9 Å². The molecule has 1 amide bonds. The Labute approximate surface area is 133 Å². The standard InChI is InChI=1S/C14H15N3O2S.ClH/c1-9-2-3-10(6-11(9)14-15-4-5-19-14)17-13(18)12-7-20-8-16-12;/h2-6,12,16H,7-8H2,1H3,(H,17,18);1H. The Kier molecular flexibility index (Phi) is 5.27. The summed E-state index contributed by atoms with van der Waals surface area (Å²) in [6.07, 6.45) is 3.15. The zero-order valence-corrected chi connectivity index (χ0v) is 13.1. The first-order chi connectivity index (χ1) is 9.74. The molecule has 0 radical (unpaired) electrons. The molecule has 3 rings (SSSR count). The predicted molar refractivity (Wildman–Crippen MR) is 86.8 cm³/mol. The second kappa shape index (κ2) is 6.98. The Morgan fingerprint density at radius 2 is 2.38 bits per heavy atom. The summed E-state index contributed by atoms with van der Waals surface area (Å²) in [4.78, 5) is 16.2. The van der Waals surface area contributed by atoms with Gasteiger partial charge in [-0.2, -0.15) is 0 Å². The van der Waals surface area contributed by atoms with Gasteiger partial charge in [0.1, 0.15) is 6.26 Å². The molecule has 2 N–H and O–H groups in total. The second-order valence-corrected chi connectivity index (χ2v) is 5.66. The second-order valence-electron chi connectivity index (χ2n) is 4.63. The van der Waals surface area contributed by atoms with Crippen molar-refractivity contribution in [2.24, 2.45) is 0 Å². The van der Waals surface area contributed by atoms with E-state index in [2.05, 4.69) is 15.6 Å². The monoisotopic (exact) mass is 325 g/mol. The Bertz CT molecular complexity index is 613. The number of anilines is 1. The summed E-state index contributed by atoms with van der Waals surface area (Å²) in [5.41, 5.74) is 2.70. The fourth-order valence-corrected chi connectivity index (χ4v) is 3.02. The summed E-state index contributed by atoms with van der Waals surface area (Å²) in [5, 5.41) is 6.08. The molecule has 0 bridgehead atoms. The van der Waals surface area contributed by atoms with E-state index in [0.717, 1.165) is 28.4 Å². The zero-order chi connectivity index (χ0) is 13.9. The molecule has 112 valence electrons. The van der Waals surface area contributed by atoms with Crippen LogP contribution in [0, 0.1) is 6.92 Å². The minimum Gasteiger partial charge on any atom is -0.445 e. The first-order valence-electron chi connectivity index (χ1n) is 6.36. The van der Waals surface area contributed by atoms with Crippen molar-refractivity contribution in [1.29, 1.82) is 0 Å². The minimum absolute atomic E-state index is 0. The maximum Gasteiger partial charge on any atom is 0.242 e. The Morgan fingerprint density at radius 3 is 3.05 bits per heavy atom. The zero-order valence-electron chi connectivity index (χ0n) is 11.5. The van der Waals surface area contributed by atoms with Gasteiger partial charge in [0.15, 0.2) is 0 Å². The van der Waals surface area contributed by atoms with E-state index >= 15 is 0 Å². The number of carbonyl (C=O) groups is 1. The highest BCUT2D eigenvalue weighted by molar-refractivity contribution is 7.99. The van der Waals surface area contributed by atoms with Crippen molar-refractivity contribution in [2.45, 2.75) is 13.0 Å². The molecule has 1 saturated heterocycles. The number of hydrogen-bond donors (Lipinski definition) is 2. The maximum absolute atomic E-state index is 12.1. The topological polar surface area (TPSA) is 67.2 Å². The lowest BCUT2D eigenvalue weighted by molar-refractivity contribution is -0.117. The third-order valence-corrected chi connectivity index (χ3v) is 4.14. The lowest BCUT2D eigenvalue weighted by Crippen LogP contribution is -2.37. The van der Waals surface area contributed by atoms with Crippen LogP contribution in [0.15, 0.2) is 35.1 Å². The van der Waals surface area contributed by atoms with E-state index in [9.17, 15) is 4.79 Å². The van der Waals surface area contributed by atoms with Gasteiger partial charge in [0, 0.05) is 22.9 Å². The molecule has 1 atom stereocenters. The predicted octanol–water partition coefficient (Wildman–Crippen LogP) is 2.67. The summed E-state index contributed by atoms with van der Waals surface area (Å²) >= 11 is 1.73. The van der Waals surface area contributed by atoms with Gasteiger partial charge in [-0.1, -0.05) is 6.07 Å². The number of carbonyl (C=O) groups excluding carboxylic acids is 1. The van der Waals surface area contributed by atoms with Crippen LogP contribution in [0.25, 0.3) is 11.5 Å². The van der Waals surface area contributed by atoms with Gasteiger partial charge in [-0.05, 0) is 24.6 Å². The van der Waals surface area contributed by atoms with Crippen molar-refractivity contribution in [3.8, 4) is 11.5 Å². The van der Waals surface area contributed by atoms with E-state index in [1.54, 1.807) is 24.2 Å². The highest BCUT2D eigenvalue weighted by Crippen LogP contribution is 2.25. The summed E-state index contributed by atoms with van der Waals surface area (Å²) in [6.45, 7) is 1.99. The van der Waals surface area contributed by atoms with Crippen molar-refractivity contribution < 1.29 is 9.21 Å². The summed E-state index contributed by atoms with van der Waals surface area (Å²) < 4.78 is 5.32. The molecule has 0 spiro atoms. The van der Waals surface area contributed by atoms with Crippen molar-refractivity contribution in [3.05, 3.63) is 36.2 Å². The number of aryl methyl sites for hydroxylation is 1. The summed E-state index contributed by atoms with van der Waals surface area (Å²) in [7, 11) is 0. The van der Waals surface area contributed by atoms with Gasteiger partial charge in [-0.25, -0.2) is 4.98 Å². The minimum atomic E-state index is -0.119. The Hall–Kier alpha value is -1.50. The van der Waals surface area contributed by atoms with Gasteiger partial charge in [0.2, 0.25) is 11.8 Å². The average molecular weight is 326 g/mol. The first kappa shape index (κ1) is 15.9. The molecule has 2 aromatic rings. The van der Waals surface area contributed by atoms with Gasteiger partial charge in [-0.3, -0.25) is 10.1 Å². The molecule has 1 unspecified atom stereocenters. The quantitative estimate of drug-likeness (QED) is 0.908. The molecule has 1 fully saturated rings.